The summed E-state index contributed by atoms with van der Waals surface area (Å²) in [5.74, 6) is 3.90. The Morgan fingerprint density at radius 2 is 0.947 bits per heavy atom. The minimum atomic E-state index is 0.959. The van der Waals surface area contributed by atoms with Crippen LogP contribution in [0, 0.1) is 23.7 Å². The first-order valence-corrected chi connectivity index (χ1v) is 9.19. The number of rotatable bonds is 12. The molecule has 19 heavy (non-hydrogen) atoms. The Balaban J connectivity index is 4.95. The fraction of sp³-hybridized carbons (Fsp3) is 1.00. The molecule has 0 aromatic carbocycles. The zero-order chi connectivity index (χ0) is 14.7. The molecule has 0 heteroatoms. The second-order valence-corrected chi connectivity index (χ2v) is 6.44. The molecule has 0 aliphatic heterocycles. The van der Waals surface area contributed by atoms with Crippen LogP contribution in [0.4, 0.5) is 0 Å². The van der Waals surface area contributed by atoms with E-state index >= 15 is 0 Å². The van der Waals surface area contributed by atoms with Crippen molar-refractivity contribution < 1.29 is 0 Å². The van der Waals surface area contributed by atoms with Crippen LogP contribution in [-0.2, 0) is 0 Å². The van der Waals surface area contributed by atoms with Crippen LogP contribution in [0.15, 0.2) is 0 Å². The average Bonchev–Trinajstić information content (AvgIpc) is 2.41. The van der Waals surface area contributed by atoms with Crippen LogP contribution in [0.25, 0.3) is 0 Å². The molecule has 0 N–H and O–H groups in total. The van der Waals surface area contributed by atoms with Crippen LogP contribution >= 0.6 is 0 Å². The molecule has 0 fully saturated rings. The van der Waals surface area contributed by atoms with Crippen molar-refractivity contribution in [1.29, 1.82) is 0 Å². The van der Waals surface area contributed by atoms with Crippen molar-refractivity contribution in [3.63, 3.8) is 0 Å². The van der Waals surface area contributed by atoms with Crippen LogP contribution in [-0.4, -0.2) is 0 Å². The van der Waals surface area contributed by atoms with Gasteiger partial charge in [0.2, 0.25) is 0 Å². The monoisotopic (exact) mass is 268 g/mol. The molecule has 0 saturated heterocycles. The van der Waals surface area contributed by atoms with Gasteiger partial charge in [0.05, 0.1) is 0 Å². The Bertz CT molecular complexity index is 174. The summed E-state index contributed by atoms with van der Waals surface area (Å²) in [5, 5.41) is 0. The first kappa shape index (κ1) is 19.0. The number of hydrogen-bond donors (Lipinski definition) is 0. The molecule has 0 spiro atoms. The fourth-order valence-electron chi connectivity index (χ4n) is 4.33. The summed E-state index contributed by atoms with van der Waals surface area (Å²) in [7, 11) is 0. The van der Waals surface area contributed by atoms with Gasteiger partial charge in [-0.05, 0) is 23.7 Å². The van der Waals surface area contributed by atoms with Gasteiger partial charge in [-0.1, -0.05) is 99.3 Å². The quantitative estimate of drug-likeness (QED) is 0.354. The van der Waals surface area contributed by atoms with E-state index in [4.69, 9.17) is 0 Å². The van der Waals surface area contributed by atoms with E-state index in [2.05, 4.69) is 41.5 Å². The highest BCUT2D eigenvalue weighted by Crippen LogP contribution is 2.40. The van der Waals surface area contributed by atoms with Crippen molar-refractivity contribution in [2.75, 3.05) is 0 Å². The SMILES string of the molecule is CCCC(CCC)C(CC)C(CCC)C(CC)CC. The lowest BCUT2D eigenvalue weighted by Gasteiger charge is -2.38. The van der Waals surface area contributed by atoms with Gasteiger partial charge >= 0.3 is 0 Å². The van der Waals surface area contributed by atoms with Gasteiger partial charge in [0.25, 0.3) is 0 Å². The van der Waals surface area contributed by atoms with Gasteiger partial charge in [-0.25, -0.2) is 0 Å². The number of hydrogen-bond acceptors (Lipinski definition) is 0. The minimum absolute atomic E-state index is 0.959. The Labute approximate surface area is 123 Å². The second-order valence-electron chi connectivity index (χ2n) is 6.44. The van der Waals surface area contributed by atoms with Crippen LogP contribution in [0.2, 0.25) is 0 Å². The average molecular weight is 269 g/mol. The van der Waals surface area contributed by atoms with Crippen molar-refractivity contribution in [3.05, 3.63) is 0 Å². The predicted octanol–water partition coefficient (Wildman–Crippen LogP) is 7.08. The van der Waals surface area contributed by atoms with Crippen LogP contribution in [0.1, 0.15) is 99.3 Å². The molecule has 0 nitrogen and oxygen atoms in total. The maximum Gasteiger partial charge on any atom is -0.0355 e. The van der Waals surface area contributed by atoms with Crippen LogP contribution in [0.5, 0.6) is 0 Å². The molecule has 0 heterocycles. The fourth-order valence-corrected chi connectivity index (χ4v) is 4.33. The summed E-state index contributed by atoms with van der Waals surface area (Å²) in [4.78, 5) is 0. The van der Waals surface area contributed by atoms with Crippen molar-refractivity contribution in [3.8, 4) is 0 Å². The highest BCUT2D eigenvalue weighted by atomic mass is 14.4. The normalized spacial score (nSPS) is 15.2. The van der Waals surface area contributed by atoms with E-state index in [9.17, 15) is 0 Å². The highest BCUT2D eigenvalue weighted by Gasteiger charge is 2.30. The van der Waals surface area contributed by atoms with E-state index in [-0.39, 0.29) is 0 Å². The smallest absolute Gasteiger partial charge is 0.0355 e. The van der Waals surface area contributed by atoms with Gasteiger partial charge in [-0.2, -0.15) is 0 Å². The van der Waals surface area contributed by atoms with E-state index in [0.717, 1.165) is 23.7 Å². The van der Waals surface area contributed by atoms with Crippen molar-refractivity contribution in [2.24, 2.45) is 23.7 Å². The lowest BCUT2D eigenvalue weighted by molar-refractivity contribution is 0.123. The van der Waals surface area contributed by atoms with E-state index in [1.54, 1.807) is 0 Å². The lowest BCUT2D eigenvalue weighted by atomic mass is 9.68. The van der Waals surface area contributed by atoms with Gasteiger partial charge in [-0.3, -0.25) is 0 Å². The predicted molar refractivity (Wildman–Crippen MR) is 89.6 cm³/mol. The van der Waals surface area contributed by atoms with Gasteiger partial charge in [0.15, 0.2) is 0 Å². The van der Waals surface area contributed by atoms with E-state index in [1.807, 2.05) is 0 Å². The van der Waals surface area contributed by atoms with E-state index in [1.165, 1.54) is 57.8 Å². The van der Waals surface area contributed by atoms with Crippen LogP contribution in [0.3, 0.4) is 0 Å². The van der Waals surface area contributed by atoms with Crippen molar-refractivity contribution in [1.82, 2.24) is 0 Å². The Morgan fingerprint density at radius 3 is 1.26 bits per heavy atom. The first-order valence-electron chi connectivity index (χ1n) is 9.19. The minimum Gasteiger partial charge on any atom is -0.0654 e. The lowest BCUT2D eigenvalue weighted by Crippen LogP contribution is -2.29. The Hall–Kier alpha value is 0. The summed E-state index contributed by atoms with van der Waals surface area (Å²) in [6.07, 6.45) is 12.6. The van der Waals surface area contributed by atoms with Crippen LogP contribution < -0.4 is 0 Å². The molecule has 2 atom stereocenters. The topological polar surface area (TPSA) is 0 Å². The molecule has 0 rings (SSSR count). The Morgan fingerprint density at radius 1 is 0.474 bits per heavy atom. The molecular weight excluding hydrogens is 228 g/mol. The summed E-state index contributed by atoms with van der Waals surface area (Å²) < 4.78 is 0. The van der Waals surface area contributed by atoms with Crippen molar-refractivity contribution >= 4 is 0 Å². The summed E-state index contributed by atoms with van der Waals surface area (Å²) >= 11 is 0. The molecule has 2 unspecified atom stereocenters. The zero-order valence-corrected chi connectivity index (χ0v) is 14.7. The van der Waals surface area contributed by atoms with Gasteiger partial charge in [-0.15, -0.1) is 0 Å². The van der Waals surface area contributed by atoms with Gasteiger partial charge < -0.3 is 0 Å². The van der Waals surface area contributed by atoms with Crippen molar-refractivity contribution in [2.45, 2.75) is 99.3 Å². The molecule has 0 radical (unpaired) electrons. The molecule has 0 aromatic rings. The molecule has 0 amide bonds. The van der Waals surface area contributed by atoms with Gasteiger partial charge in [0, 0.05) is 0 Å². The second kappa shape index (κ2) is 11.8. The first-order chi connectivity index (χ1) is 9.19. The standard InChI is InChI=1S/C19H40/c1-7-13-17(14-8-2)18(12-6)19(15-9-3)16(10-4)11-5/h16-19H,7-15H2,1-6H3. The molecule has 0 aliphatic rings. The van der Waals surface area contributed by atoms with E-state index in [0.29, 0.717) is 0 Å². The third kappa shape index (κ3) is 6.32. The summed E-state index contributed by atoms with van der Waals surface area (Å²) in [6, 6.07) is 0. The third-order valence-electron chi connectivity index (χ3n) is 5.22. The molecule has 116 valence electrons. The summed E-state index contributed by atoms with van der Waals surface area (Å²) in [6.45, 7) is 14.3. The third-order valence-corrected chi connectivity index (χ3v) is 5.22. The zero-order valence-electron chi connectivity index (χ0n) is 14.7. The molecule has 0 saturated carbocycles. The molecule has 0 aromatic heterocycles. The highest BCUT2D eigenvalue weighted by molar-refractivity contribution is 4.80. The van der Waals surface area contributed by atoms with Gasteiger partial charge in [0.1, 0.15) is 0 Å². The molecular formula is C19H40. The largest absolute Gasteiger partial charge is 0.0654 e. The Kier molecular flexibility index (Phi) is 11.8. The molecule has 0 bridgehead atoms. The maximum absolute atomic E-state index is 2.44. The van der Waals surface area contributed by atoms with E-state index < -0.39 is 0 Å². The molecule has 0 aliphatic carbocycles. The maximum atomic E-state index is 2.44. The summed E-state index contributed by atoms with van der Waals surface area (Å²) in [5.41, 5.74) is 0.